The number of rotatable bonds is 5. The lowest BCUT2D eigenvalue weighted by Gasteiger charge is -2.11. The monoisotopic (exact) mass is 432 g/mol. The van der Waals surface area contributed by atoms with Crippen molar-refractivity contribution in [2.75, 3.05) is 11.1 Å². The molecule has 0 fully saturated rings. The number of benzene rings is 2. The highest BCUT2D eigenvalue weighted by Crippen LogP contribution is 2.30. The second kappa shape index (κ2) is 8.39. The first-order valence-corrected chi connectivity index (χ1v) is 10.7. The molecule has 2 heterocycles. The zero-order chi connectivity index (χ0) is 22.1. The minimum Gasteiger partial charge on any atom is -0.366 e. The maximum absolute atomic E-state index is 12.7. The molecule has 0 saturated heterocycles. The van der Waals surface area contributed by atoms with Crippen molar-refractivity contribution in [1.82, 2.24) is 19.6 Å². The topological polar surface area (TPSA) is 98.2 Å². The Morgan fingerprint density at radius 3 is 2.42 bits per heavy atom. The Balaban J connectivity index is 1.44. The van der Waals surface area contributed by atoms with Crippen LogP contribution in [-0.4, -0.2) is 25.5 Å². The van der Waals surface area contributed by atoms with Gasteiger partial charge in [-0.1, -0.05) is 17.8 Å². The summed E-state index contributed by atoms with van der Waals surface area (Å²) in [7, 11) is 0. The zero-order valence-corrected chi connectivity index (χ0v) is 18.7. The molecule has 31 heavy (non-hydrogen) atoms. The van der Waals surface area contributed by atoms with Gasteiger partial charge in [0.05, 0.1) is 6.42 Å². The van der Waals surface area contributed by atoms with Gasteiger partial charge < -0.3 is 11.1 Å². The van der Waals surface area contributed by atoms with Gasteiger partial charge in [-0.05, 0) is 75.2 Å². The van der Waals surface area contributed by atoms with Crippen LogP contribution in [0, 0.1) is 27.7 Å². The maximum atomic E-state index is 12.7. The quantitative estimate of drug-likeness (QED) is 0.489. The number of aromatic nitrogens is 4. The van der Waals surface area contributed by atoms with Crippen molar-refractivity contribution in [1.29, 1.82) is 0 Å². The molecule has 4 aromatic rings. The van der Waals surface area contributed by atoms with E-state index < -0.39 is 0 Å². The van der Waals surface area contributed by atoms with Gasteiger partial charge in [-0.3, -0.25) is 4.79 Å². The van der Waals surface area contributed by atoms with Crippen LogP contribution in [0.3, 0.4) is 0 Å². The largest absolute Gasteiger partial charge is 0.366 e. The number of carbonyl (C=O) groups is 1. The lowest BCUT2D eigenvalue weighted by Crippen LogP contribution is -2.17. The normalized spacial score (nSPS) is 11.1. The Hall–Kier alpha value is -3.39. The molecule has 2 aromatic heterocycles. The minimum atomic E-state index is -0.116. The van der Waals surface area contributed by atoms with Crippen LogP contribution < -0.4 is 11.1 Å². The molecule has 0 aliphatic carbocycles. The fourth-order valence-electron chi connectivity index (χ4n) is 3.37. The number of carbonyl (C=O) groups excluding carboxylic acids is 1. The molecular formula is C23H24N6OS. The maximum Gasteiger partial charge on any atom is 0.254 e. The Morgan fingerprint density at radius 2 is 1.71 bits per heavy atom. The van der Waals surface area contributed by atoms with Crippen LogP contribution in [0.25, 0.3) is 5.78 Å². The molecule has 0 saturated carbocycles. The van der Waals surface area contributed by atoms with Crippen LogP contribution in [0.1, 0.15) is 28.1 Å². The van der Waals surface area contributed by atoms with Crippen LogP contribution in [-0.2, 0) is 11.2 Å². The molecule has 3 N–H and O–H groups in total. The highest BCUT2D eigenvalue weighted by Gasteiger charge is 2.15. The average Bonchev–Trinajstić information content (AvgIpc) is 3.10. The summed E-state index contributed by atoms with van der Waals surface area (Å²) in [4.78, 5) is 23.5. The third-order valence-electron chi connectivity index (χ3n) is 5.25. The van der Waals surface area contributed by atoms with Gasteiger partial charge in [-0.25, -0.2) is 4.98 Å². The lowest BCUT2D eigenvalue weighted by atomic mass is 10.1. The zero-order valence-electron chi connectivity index (χ0n) is 17.9. The van der Waals surface area contributed by atoms with Crippen LogP contribution in [0.5, 0.6) is 0 Å². The fraction of sp³-hybridized carbons (Fsp3) is 0.217. The summed E-state index contributed by atoms with van der Waals surface area (Å²) in [6.45, 7) is 7.98. The van der Waals surface area contributed by atoms with E-state index in [0.717, 1.165) is 27.5 Å². The number of nitrogen functional groups attached to an aromatic ring is 1. The summed E-state index contributed by atoms with van der Waals surface area (Å²) in [6.07, 6.45) is 0.194. The third-order valence-corrected chi connectivity index (χ3v) is 6.25. The fourth-order valence-corrected chi connectivity index (χ4v) is 4.28. The van der Waals surface area contributed by atoms with E-state index in [2.05, 4.69) is 52.4 Å². The van der Waals surface area contributed by atoms with Crippen molar-refractivity contribution in [2.24, 2.45) is 0 Å². The number of nitrogens with zero attached hydrogens (tertiary/aromatic N) is 4. The Labute approximate surface area is 185 Å². The van der Waals surface area contributed by atoms with E-state index in [1.807, 2.05) is 38.1 Å². The minimum absolute atomic E-state index is 0.116. The van der Waals surface area contributed by atoms with Gasteiger partial charge in [-0.15, -0.1) is 5.10 Å². The van der Waals surface area contributed by atoms with E-state index in [1.165, 1.54) is 16.0 Å². The van der Waals surface area contributed by atoms with Crippen LogP contribution in [0.4, 0.5) is 11.6 Å². The van der Waals surface area contributed by atoms with E-state index in [-0.39, 0.29) is 18.3 Å². The van der Waals surface area contributed by atoms with Crippen molar-refractivity contribution in [3.05, 3.63) is 70.5 Å². The van der Waals surface area contributed by atoms with E-state index in [1.54, 1.807) is 16.3 Å². The number of hydrogen-bond donors (Lipinski definition) is 2. The summed E-state index contributed by atoms with van der Waals surface area (Å²) in [5.41, 5.74) is 11.4. The summed E-state index contributed by atoms with van der Waals surface area (Å²) in [5.74, 6) is 0.485. The van der Waals surface area contributed by atoms with Gasteiger partial charge in [-0.2, -0.15) is 9.50 Å². The molecule has 0 bridgehead atoms. The third kappa shape index (κ3) is 4.54. The highest BCUT2D eigenvalue weighted by molar-refractivity contribution is 7.99. The predicted molar refractivity (Wildman–Crippen MR) is 123 cm³/mol. The van der Waals surface area contributed by atoms with E-state index >= 15 is 0 Å². The molecule has 0 radical (unpaired) electrons. The molecule has 0 atom stereocenters. The van der Waals surface area contributed by atoms with Gasteiger partial charge in [0.15, 0.2) is 0 Å². The average molecular weight is 433 g/mol. The first-order chi connectivity index (χ1) is 14.8. The molecule has 0 spiro atoms. The van der Waals surface area contributed by atoms with Gasteiger partial charge in [0, 0.05) is 32.4 Å². The predicted octanol–water partition coefficient (Wildman–Crippen LogP) is 4.27. The standard InChI is InChI=1S/C23H24N6OS/c1-13-5-8-19(11-14(13)2)31-18-9-6-17(7-10-18)26-21(30)12-20-15(3)25-23-27-22(24)28-29(23)16(20)4/h5-11H,12H2,1-4H3,(H2,24,28)(H,26,30). The van der Waals surface area contributed by atoms with E-state index in [0.29, 0.717) is 5.78 Å². The van der Waals surface area contributed by atoms with Crippen molar-refractivity contribution in [3.63, 3.8) is 0 Å². The van der Waals surface area contributed by atoms with Gasteiger partial charge in [0.2, 0.25) is 11.9 Å². The number of nitrogens with two attached hydrogens (primary N) is 1. The molecule has 0 unspecified atom stereocenters. The number of amides is 1. The van der Waals surface area contributed by atoms with Gasteiger partial charge in [0.1, 0.15) is 0 Å². The van der Waals surface area contributed by atoms with Gasteiger partial charge >= 0.3 is 0 Å². The van der Waals surface area contributed by atoms with Crippen LogP contribution >= 0.6 is 11.8 Å². The Bertz CT molecular complexity index is 1280. The molecular weight excluding hydrogens is 408 g/mol. The number of nitrogens with one attached hydrogen (secondary N) is 1. The Kier molecular flexibility index (Phi) is 5.65. The van der Waals surface area contributed by atoms with Crippen molar-refractivity contribution in [3.8, 4) is 0 Å². The first kappa shape index (κ1) is 20.9. The van der Waals surface area contributed by atoms with Crippen LogP contribution in [0.15, 0.2) is 52.3 Å². The summed E-state index contributed by atoms with van der Waals surface area (Å²) >= 11 is 1.70. The Morgan fingerprint density at radius 1 is 1.00 bits per heavy atom. The molecule has 0 aliphatic rings. The number of anilines is 2. The smallest absolute Gasteiger partial charge is 0.254 e. The number of fused-ring (bicyclic) bond motifs is 1. The first-order valence-electron chi connectivity index (χ1n) is 9.93. The molecule has 1 amide bonds. The van der Waals surface area contributed by atoms with E-state index in [9.17, 15) is 4.79 Å². The summed E-state index contributed by atoms with van der Waals surface area (Å²) in [5, 5.41) is 7.11. The molecule has 8 heteroatoms. The van der Waals surface area contributed by atoms with Gasteiger partial charge in [0.25, 0.3) is 5.78 Å². The summed E-state index contributed by atoms with van der Waals surface area (Å²) < 4.78 is 1.57. The SMILES string of the molecule is Cc1ccc(Sc2ccc(NC(=O)Cc3c(C)nc4nc(N)nn4c3C)cc2)cc1C. The second-order valence-corrected chi connectivity index (χ2v) is 8.69. The van der Waals surface area contributed by atoms with Crippen molar-refractivity contribution < 1.29 is 4.79 Å². The number of aryl methyl sites for hydroxylation is 4. The number of hydrogen-bond acceptors (Lipinski definition) is 6. The molecule has 7 nitrogen and oxygen atoms in total. The van der Waals surface area contributed by atoms with Crippen molar-refractivity contribution in [2.45, 2.75) is 43.9 Å². The molecule has 2 aromatic carbocycles. The van der Waals surface area contributed by atoms with Crippen LogP contribution in [0.2, 0.25) is 0 Å². The highest BCUT2D eigenvalue weighted by atomic mass is 32.2. The molecule has 4 rings (SSSR count). The summed E-state index contributed by atoms with van der Waals surface area (Å²) in [6, 6.07) is 14.3. The van der Waals surface area contributed by atoms with E-state index in [4.69, 9.17) is 5.73 Å². The second-order valence-electron chi connectivity index (χ2n) is 7.54. The molecule has 0 aliphatic heterocycles. The van der Waals surface area contributed by atoms with Crippen molar-refractivity contribution >= 4 is 35.1 Å². The lowest BCUT2D eigenvalue weighted by molar-refractivity contribution is -0.115. The molecule has 158 valence electrons.